The van der Waals surface area contributed by atoms with E-state index in [1.807, 2.05) is 0 Å². The fourth-order valence-corrected chi connectivity index (χ4v) is 5.50. The van der Waals surface area contributed by atoms with Crippen LogP contribution in [0.3, 0.4) is 0 Å². The Morgan fingerprint density at radius 2 is 1.86 bits per heavy atom. The van der Waals surface area contributed by atoms with Crippen LogP contribution in [-0.4, -0.2) is 145 Å². The van der Waals surface area contributed by atoms with Crippen molar-refractivity contribution >= 4 is 11.7 Å². The number of aliphatic hydroxyl groups excluding tert-OH is 3. The molecule has 15 N–H and O–H groups in total. The smallest absolute Gasteiger partial charge is 0.250 e. The topological polar surface area (TPSA) is 287 Å². The Hall–Kier alpha value is -1.65. The van der Waals surface area contributed by atoms with E-state index in [0.29, 0.717) is 12.8 Å². The lowest BCUT2D eigenvalue weighted by Crippen LogP contribution is -2.69. The molecule has 3 fully saturated rings. The summed E-state index contributed by atoms with van der Waals surface area (Å²) in [6.07, 6.45) is -8.57. The quantitative estimate of drug-likeness (QED) is 0.0425. The van der Waals surface area contributed by atoms with Gasteiger partial charge in [-0.3, -0.25) is 21.1 Å². The van der Waals surface area contributed by atoms with Crippen molar-refractivity contribution in [3.8, 4) is 0 Å². The molecule has 3 rings (SSSR count). The molecular formula is C24H47FN8O9. The number of ether oxygens (including phenoxy) is 4. The Morgan fingerprint density at radius 3 is 2.50 bits per heavy atom. The third-order valence-electron chi connectivity index (χ3n) is 7.82. The van der Waals surface area contributed by atoms with Crippen LogP contribution < -0.4 is 39.1 Å². The number of nitrogens with one attached hydrogen (secondary N) is 3. The summed E-state index contributed by atoms with van der Waals surface area (Å²) in [5, 5.41) is 48.6. The Labute approximate surface area is 243 Å². The molecule has 0 aromatic carbocycles. The molecule has 1 saturated carbocycles. The minimum Gasteiger partial charge on any atom is -0.388 e. The van der Waals surface area contributed by atoms with Gasteiger partial charge in [0.15, 0.2) is 12.6 Å². The van der Waals surface area contributed by atoms with Crippen LogP contribution in [0, 0.1) is 0 Å². The molecule has 2 saturated heterocycles. The molecule has 0 radical (unpaired) electrons. The van der Waals surface area contributed by atoms with Crippen molar-refractivity contribution < 1.29 is 48.6 Å². The lowest BCUT2D eigenvalue weighted by Gasteiger charge is -2.49. The number of amides is 1. The van der Waals surface area contributed by atoms with E-state index in [1.54, 1.807) is 7.05 Å². The highest BCUT2D eigenvalue weighted by Crippen LogP contribution is 2.32. The second-order valence-corrected chi connectivity index (χ2v) is 11.3. The number of carbonyl (C=O) groups excluding carboxylic acids is 1. The molecule has 17 nitrogen and oxygen atoms in total. The first-order valence-electron chi connectivity index (χ1n) is 13.9. The van der Waals surface area contributed by atoms with Gasteiger partial charge in [0.1, 0.15) is 48.6 Å². The molecule has 13 atom stereocenters. The summed E-state index contributed by atoms with van der Waals surface area (Å²) < 4.78 is 36.4. The summed E-state index contributed by atoms with van der Waals surface area (Å²) in [7, 11) is 1.55. The van der Waals surface area contributed by atoms with E-state index < -0.39 is 91.6 Å². The number of hydrogen-bond donors (Lipinski definition) is 11. The van der Waals surface area contributed by atoms with Crippen molar-refractivity contribution in [3.05, 3.63) is 0 Å². The molecule has 2 aliphatic heterocycles. The number of carbonyl (C=O) groups is 1. The number of nitrogens with two attached hydrogens (primary N) is 4. The number of nitrogens with zero attached hydrogens (tertiary/aromatic N) is 1. The van der Waals surface area contributed by atoms with E-state index in [0.717, 1.165) is 0 Å². The van der Waals surface area contributed by atoms with Gasteiger partial charge >= 0.3 is 0 Å². The molecule has 3 aliphatic rings. The molecule has 0 spiro atoms. The number of hydrazine groups is 1. The van der Waals surface area contributed by atoms with Crippen LogP contribution in [0.15, 0.2) is 4.99 Å². The molecular weight excluding hydrogens is 563 g/mol. The maximum absolute atomic E-state index is 12.7. The van der Waals surface area contributed by atoms with Gasteiger partial charge in [0.25, 0.3) is 5.91 Å². The Kier molecular flexibility index (Phi) is 12.8. The molecule has 0 aromatic heterocycles. The maximum Gasteiger partial charge on any atom is 0.250 e. The SMILES string of the molecule is CNC1C(O)C(OC2C(NC(=O)C(O)CNN)CC(N)C(OC3OC(CN=C(N)CF)CCC3N)C2O)OCC1(C)O. The number of aliphatic imine (C=N–C) groups is 1. The number of hydrogen-bond acceptors (Lipinski definition) is 15. The van der Waals surface area contributed by atoms with Crippen LogP contribution in [0.25, 0.3) is 0 Å². The van der Waals surface area contributed by atoms with Gasteiger partial charge in [0, 0.05) is 12.6 Å². The molecule has 18 heteroatoms. The minimum atomic E-state index is -1.52. The van der Waals surface area contributed by atoms with Gasteiger partial charge in [-0.25, -0.2) is 4.39 Å². The van der Waals surface area contributed by atoms with E-state index in [2.05, 4.69) is 21.1 Å². The van der Waals surface area contributed by atoms with Gasteiger partial charge in [-0.05, 0) is 33.2 Å². The third-order valence-corrected chi connectivity index (χ3v) is 7.82. The standard InChI is InChI=1S/C24H47FN8O9/c1-24(38)9-39-23(17(36)20(24)30-2)42-19-13(33-21(37)14(34)8-32-29)5-12(27)18(16(19)35)41-22-11(26)4-3-10(40-22)7-31-15(28)6-25/h10-14,16-20,22-23,30,32,34-36,38H,3-9,26-27,29H2,1-2H3,(H2,28,31)(H,33,37). The number of aliphatic hydroxyl groups is 4. The first kappa shape index (κ1) is 34.8. The highest BCUT2D eigenvalue weighted by Gasteiger charge is 2.52. The van der Waals surface area contributed by atoms with Crippen molar-refractivity contribution in [2.75, 3.05) is 33.4 Å². The minimum absolute atomic E-state index is 0.0135. The van der Waals surface area contributed by atoms with Gasteiger partial charge in [0.2, 0.25) is 0 Å². The number of alkyl halides is 1. The molecule has 42 heavy (non-hydrogen) atoms. The van der Waals surface area contributed by atoms with Crippen LogP contribution >= 0.6 is 0 Å². The molecule has 2 heterocycles. The van der Waals surface area contributed by atoms with Gasteiger partial charge in [-0.15, -0.1) is 0 Å². The number of rotatable bonds is 12. The van der Waals surface area contributed by atoms with Crippen LogP contribution in [-0.2, 0) is 23.7 Å². The van der Waals surface area contributed by atoms with Crippen molar-refractivity contribution in [1.82, 2.24) is 16.1 Å². The summed E-state index contributed by atoms with van der Waals surface area (Å²) in [6.45, 7) is 0.240. The zero-order valence-corrected chi connectivity index (χ0v) is 23.8. The van der Waals surface area contributed by atoms with E-state index >= 15 is 0 Å². The predicted molar refractivity (Wildman–Crippen MR) is 146 cm³/mol. The first-order valence-corrected chi connectivity index (χ1v) is 13.9. The average molecular weight is 611 g/mol. The van der Waals surface area contributed by atoms with Gasteiger partial charge in [-0.1, -0.05) is 0 Å². The fourth-order valence-electron chi connectivity index (χ4n) is 5.50. The van der Waals surface area contributed by atoms with E-state index in [1.165, 1.54) is 6.92 Å². The third kappa shape index (κ3) is 8.50. The van der Waals surface area contributed by atoms with E-state index in [-0.39, 0.29) is 32.0 Å². The second-order valence-electron chi connectivity index (χ2n) is 11.3. The summed E-state index contributed by atoms with van der Waals surface area (Å²) in [5.41, 5.74) is 18.9. The molecule has 13 unspecified atom stereocenters. The number of likely N-dealkylation sites (N-methyl/N-ethyl adjacent to an activating group) is 1. The number of halogens is 1. The molecule has 1 amide bonds. The molecule has 244 valence electrons. The summed E-state index contributed by atoms with van der Waals surface area (Å²) in [6, 6.07) is -3.26. The summed E-state index contributed by atoms with van der Waals surface area (Å²) in [5.74, 6) is 4.25. The van der Waals surface area contributed by atoms with Crippen molar-refractivity contribution in [1.29, 1.82) is 0 Å². The summed E-state index contributed by atoms with van der Waals surface area (Å²) in [4.78, 5) is 16.6. The van der Waals surface area contributed by atoms with Gasteiger partial charge < -0.3 is 67.2 Å². The zero-order valence-electron chi connectivity index (χ0n) is 23.8. The zero-order chi connectivity index (χ0) is 31.2. The van der Waals surface area contributed by atoms with Crippen LogP contribution in [0.4, 0.5) is 4.39 Å². The van der Waals surface area contributed by atoms with Crippen LogP contribution in [0.5, 0.6) is 0 Å². The highest BCUT2D eigenvalue weighted by molar-refractivity contribution is 5.81. The van der Waals surface area contributed by atoms with Crippen LogP contribution in [0.1, 0.15) is 26.2 Å². The fraction of sp³-hybridized carbons (Fsp3) is 0.917. The highest BCUT2D eigenvalue weighted by atomic mass is 19.1. The van der Waals surface area contributed by atoms with Crippen LogP contribution in [0.2, 0.25) is 0 Å². The first-order chi connectivity index (χ1) is 19.8. The van der Waals surface area contributed by atoms with Crippen molar-refractivity contribution in [3.63, 3.8) is 0 Å². The van der Waals surface area contributed by atoms with E-state index in [9.17, 15) is 29.6 Å². The molecule has 1 aliphatic carbocycles. The monoisotopic (exact) mass is 610 g/mol. The molecule has 0 aromatic rings. The largest absolute Gasteiger partial charge is 0.388 e. The number of amidine groups is 1. The van der Waals surface area contributed by atoms with Gasteiger partial charge in [0.05, 0.1) is 37.4 Å². The van der Waals surface area contributed by atoms with E-state index in [4.69, 9.17) is 42.0 Å². The second kappa shape index (κ2) is 15.4. The predicted octanol–water partition coefficient (Wildman–Crippen LogP) is -5.63. The Bertz CT molecular complexity index is 908. The lowest BCUT2D eigenvalue weighted by molar-refractivity contribution is -0.307. The van der Waals surface area contributed by atoms with Gasteiger partial charge in [-0.2, -0.15) is 0 Å². The lowest BCUT2D eigenvalue weighted by atomic mass is 9.83. The maximum atomic E-state index is 12.7. The van der Waals surface area contributed by atoms with Crippen molar-refractivity contribution in [2.24, 2.45) is 28.0 Å². The summed E-state index contributed by atoms with van der Waals surface area (Å²) >= 11 is 0. The normalized spacial score (nSPS) is 42.2. The Morgan fingerprint density at radius 1 is 1.17 bits per heavy atom. The average Bonchev–Trinajstić information content (AvgIpc) is 2.94. The Balaban J connectivity index is 1.80. The van der Waals surface area contributed by atoms with Crippen molar-refractivity contribution in [2.45, 2.75) is 105 Å². The molecule has 0 bridgehead atoms.